The number of carbonyl (C=O) groups excluding carboxylic acids is 1. The average molecular weight is 232 g/mol. The molecule has 1 aromatic carbocycles. The SMILES string of the molecule is CC(C)[C@@H]1OCC=C1OC(=O)c1ccccc1. The lowest BCUT2D eigenvalue weighted by Crippen LogP contribution is -2.21. The molecule has 3 heteroatoms. The molecule has 1 aromatic rings. The van der Waals surface area contributed by atoms with Crippen LogP contribution >= 0.6 is 0 Å². The Balaban J connectivity index is 2.05. The molecule has 0 aliphatic carbocycles. The van der Waals surface area contributed by atoms with Crippen LogP contribution in [0.5, 0.6) is 0 Å². The molecule has 0 amide bonds. The maximum atomic E-state index is 11.9. The minimum absolute atomic E-state index is 0.109. The van der Waals surface area contributed by atoms with Crippen LogP contribution in [0.25, 0.3) is 0 Å². The quantitative estimate of drug-likeness (QED) is 0.752. The zero-order chi connectivity index (χ0) is 12.3. The summed E-state index contributed by atoms with van der Waals surface area (Å²) >= 11 is 0. The Kier molecular flexibility index (Phi) is 3.59. The fourth-order valence-corrected chi connectivity index (χ4v) is 1.79. The first-order valence-electron chi connectivity index (χ1n) is 5.77. The van der Waals surface area contributed by atoms with Gasteiger partial charge in [0.1, 0.15) is 11.9 Å². The largest absolute Gasteiger partial charge is 0.425 e. The number of hydrogen-bond acceptors (Lipinski definition) is 3. The molecule has 90 valence electrons. The van der Waals surface area contributed by atoms with Crippen LogP contribution in [0.15, 0.2) is 42.2 Å². The third-order valence-electron chi connectivity index (χ3n) is 2.67. The Hall–Kier alpha value is -1.61. The van der Waals surface area contributed by atoms with E-state index < -0.39 is 0 Å². The number of carbonyl (C=O) groups is 1. The van der Waals surface area contributed by atoms with Crippen molar-refractivity contribution in [1.82, 2.24) is 0 Å². The zero-order valence-corrected chi connectivity index (χ0v) is 10.1. The summed E-state index contributed by atoms with van der Waals surface area (Å²) in [5.74, 6) is 0.606. The summed E-state index contributed by atoms with van der Waals surface area (Å²) in [6.07, 6.45) is 1.72. The van der Waals surface area contributed by atoms with Crippen LogP contribution in [0.2, 0.25) is 0 Å². The van der Waals surface area contributed by atoms with Crippen molar-refractivity contribution in [3.63, 3.8) is 0 Å². The van der Waals surface area contributed by atoms with Crippen LogP contribution in [-0.4, -0.2) is 18.7 Å². The van der Waals surface area contributed by atoms with Gasteiger partial charge in [0, 0.05) is 0 Å². The van der Waals surface area contributed by atoms with Gasteiger partial charge in [0.15, 0.2) is 0 Å². The van der Waals surface area contributed by atoms with E-state index in [-0.39, 0.29) is 12.1 Å². The van der Waals surface area contributed by atoms with Gasteiger partial charge in [-0.05, 0) is 24.1 Å². The predicted octanol–water partition coefficient (Wildman–Crippen LogP) is 2.78. The third-order valence-corrected chi connectivity index (χ3v) is 2.67. The Morgan fingerprint density at radius 3 is 2.71 bits per heavy atom. The van der Waals surface area contributed by atoms with E-state index in [1.807, 2.05) is 38.1 Å². The molecule has 1 heterocycles. The van der Waals surface area contributed by atoms with E-state index in [9.17, 15) is 4.79 Å². The van der Waals surface area contributed by atoms with Gasteiger partial charge in [-0.3, -0.25) is 0 Å². The van der Waals surface area contributed by atoms with E-state index in [4.69, 9.17) is 9.47 Å². The molecule has 1 aliphatic rings. The molecule has 17 heavy (non-hydrogen) atoms. The van der Waals surface area contributed by atoms with Gasteiger partial charge in [0.2, 0.25) is 0 Å². The van der Waals surface area contributed by atoms with Crippen LogP contribution in [0.3, 0.4) is 0 Å². The number of benzene rings is 1. The molecule has 0 saturated heterocycles. The standard InChI is InChI=1S/C14H16O3/c1-10(2)13-12(8-9-16-13)17-14(15)11-6-4-3-5-7-11/h3-8,10,13H,9H2,1-2H3/t13-/m0/s1. The highest BCUT2D eigenvalue weighted by atomic mass is 16.6. The fourth-order valence-electron chi connectivity index (χ4n) is 1.79. The molecule has 0 spiro atoms. The van der Waals surface area contributed by atoms with Crippen LogP contribution in [0.4, 0.5) is 0 Å². The van der Waals surface area contributed by atoms with E-state index in [2.05, 4.69) is 0 Å². The van der Waals surface area contributed by atoms with Gasteiger partial charge in [0.05, 0.1) is 12.2 Å². The Labute approximate surface area is 101 Å². The van der Waals surface area contributed by atoms with Crippen molar-refractivity contribution in [2.24, 2.45) is 5.92 Å². The third kappa shape index (κ3) is 2.74. The summed E-state index contributed by atoms with van der Waals surface area (Å²) < 4.78 is 10.9. The normalized spacial score (nSPS) is 19.2. The molecule has 0 radical (unpaired) electrons. The molecule has 0 aromatic heterocycles. The van der Waals surface area contributed by atoms with Crippen LogP contribution in [0.1, 0.15) is 24.2 Å². The van der Waals surface area contributed by atoms with Crippen molar-refractivity contribution < 1.29 is 14.3 Å². The van der Waals surface area contributed by atoms with E-state index >= 15 is 0 Å². The topological polar surface area (TPSA) is 35.5 Å². The van der Waals surface area contributed by atoms with Crippen molar-refractivity contribution in [3.05, 3.63) is 47.7 Å². The van der Waals surface area contributed by atoms with Crippen LogP contribution in [0, 0.1) is 5.92 Å². The second-order valence-electron chi connectivity index (χ2n) is 4.36. The van der Waals surface area contributed by atoms with Crippen molar-refractivity contribution in [3.8, 4) is 0 Å². The van der Waals surface area contributed by atoms with E-state index in [1.165, 1.54) is 0 Å². The monoisotopic (exact) mass is 232 g/mol. The molecule has 0 N–H and O–H groups in total. The minimum atomic E-state index is -0.326. The van der Waals surface area contributed by atoms with E-state index in [0.29, 0.717) is 23.8 Å². The molecule has 2 rings (SSSR count). The first-order valence-corrected chi connectivity index (χ1v) is 5.77. The second kappa shape index (κ2) is 5.15. The first-order chi connectivity index (χ1) is 8.18. The molecule has 1 aliphatic heterocycles. The molecule has 3 nitrogen and oxygen atoms in total. The smallest absolute Gasteiger partial charge is 0.343 e. The molecule has 0 bridgehead atoms. The summed E-state index contributed by atoms with van der Waals surface area (Å²) in [4.78, 5) is 11.9. The second-order valence-corrected chi connectivity index (χ2v) is 4.36. The molecule has 1 atom stereocenters. The van der Waals surface area contributed by atoms with Crippen LogP contribution < -0.4 is 0 Å². The number of rotatable bonds is 3. The lowest BCUT2D eigenvalue weighted by Gasteiger charge is -2.17. The summed E-state index contributed by atoms with van der Waals surface area (Å²) in [6.45, 7) is 4.60. The lowest BCUT2D eigenvalue weighted by atomic mass is 10.1. The molecular formula is C14H16O3. The van der Waals surface area contributed by atoms with Gasteiger partial charge < -0.3 is 9.47 Å². The summed E-state index contributed by atoms with van der Waals surface area (Å²) in [5, 5.41) is 0. The summed E-state index contributed by atoms with van der Waals surface area (Å²) in [7, 11) is 0. The van der Waals surface area contributed by atoms with Gasteiger partial charge in [-0.15, -0.1) is 0 Å². The van der Waals surface area contributed by atoms with Crippen molar-refractivity contribution in [2.75, 3.05) is 6.61 Å². The van der Waals surface area contributed by atoms with Crippen molar-refractivity contribution in [2.45, 2.75) is 20.0 Å². The van der Waals surface area contributed by atoms with E-state index in [0.717, 1.165) is 0 Å². The van der Waals surface area contributed by atoms with Gasteiger partial charge in [-0.25, -0.2) is 4.79 Å². The number of esters is 1. The number of hydrogen-bond donors (Lipinski definition) is 0. The average Bonchev–Trinajstić information content (AvgIpc) is 2.78. The van der Waals surface area contributed by atoms with Gasteiger partial charge in [-0.1, -0.05) is 32.0 Å². The molecule has 0 saturated carbocycles. The van der Waals surface area contributed by atoms with Gasteiger partial charge >= 0.3 is 5.97 Å². The summed E-state index contributed by atoms with van der Waals surface area (Å²) in [6, 6.07) is 8.98. The highest BCUT2D eigenvalue weighted by Gasteiger charge is 2.27. The first kappa shape index (κ1) is 11.9. The Bertz CT molecular complexity index is 420. The summed E-state index contributed by atoms with van der Waals surface area (Å²) in [5.41, 5.74) is 0.558. The van der Waals surface area contributed by atoms with Crippen molar-refractivity contribution in [1.29, 1.82) is 0 Å². The maximum absolute atomic E-state index is 11.9. The predicted molar refractivity (Wildman–Crippen MR) is 64.5 cm³/mol. The lowest BCUT2D eigenvalue weighted by molar-refractivity contribution is 0.0338. The fraction of sp³-hybridized carbons (Fsp3) is 0.357. The highest BCUT2D eigenvalue weighted by Crippen LogP contribution is 2.23. The zero-order valence-electron chi connectivity index (χ0n) is 10.1. The highest BCUT2D eigenvalue weighted by molar-refractivity contribution is 5.90. The molecule has 0 unspecified atom stereocenters. The van der Waals surface area contributed by atoms with Gasteiger partial charge in [-0.2, -0.15) is 0 Å². The Morgan fingerprint density at radius 2 is 2.06 bits per heavy atom. The van der Waals surface area contributed by atoms with Crippen molar-refractivity contribution >= 4 is 5.97 Å². The van der Waals surface area contributed by atoms with Crippen LogP contribution in [-0.2, 0) is 9.47 Å². The van der Waals surface area contributed by atoms with E-state index in [1.54, 1.807) is 12.1 Å². The Morgan fingerprint density at radius 1 is 1.35 bits per heavy atom. The van der Waals surface area contributed by atoms with Gasteiger partial charge in [0.25, 0.3) is 0 Å². The maximum Gasteiger partial charge on any atom is 0.343 e. The minimum Gasteiger partial charge on any atom is -0.425 e. The molecule has 0 fully saturated rings. The number of ether oxygens (including phenoxy) is 2. The molecular weight excluding hydrogens is 216 g/mol.